The number of ether oxygens (including phenoxy) is 4. The number of rotatable bonds is 13. The van der Waals surface area contributed by atoms with Crippen molar-refractivity contribution in [1.82, 2.24) is 29.7 Å². The number of nitrogens with zero attached hydrogens (tertiary/aromatic N) is 5. The SMILES string of the molecule is COCCCn1c([C@@H]2CCCN(C(=O)C[C@@H](Cc3ccc(-c4cnc(OC(C)(C)C)nc4OC(C)(C)C)cc3)NC(=O)OC(C)(C)C)C2)nc2ccccc21. The van der Waals surface area contributed by atoms with Crippen molar-refractivity contribution >= 4 is 23.0 Å². The maximum Gasteiger partial charge on any atom is 0.407 e. The molecule has 12 nitrogen and oxygen atoms in total. The fourth-order valence-corrected chi connectivity index (χ4v) is 6.76. The lowest BCUT2D eigenvalue weighted by Gasteiger charge is -2.34. The zero-order valence-corrected chi connectivity index (χ0v) is 34.4. The Hall–Kier alpha value is -4.71. The van der Waals surface area contributed by atoms with Gasteiger partial charge in [0.15, 0.2) is 0 Å². The summed E-state index contributed by atoms with van der Waals surface area (Å²) >= 11 is 0. The molecule has 0 aliphatic carbocycles. The van der Waals surface area contributed by atoms with Crippen LogP contribution in [0.25, 0.3) is 22.2 Å². The number of hydrogen-bond acceptors (Lipinski definition) is 9. The first-order chi connectivity index (χ1) is 25.9. The van der Waals surface area contributed by atoms with Gasteiger partial charge in [-0.15, -0.1) is 0 Å². The number of methoxy groups -OCH3 is 1. The van der Waals surface area contributed by atoms with Gasteiger partial charge in [-0.2, -0.15) is 4.98 Å². The number of carbonyl (C=O) groups is 2. The quantitative estimate of drug-likeness (QED) is 0.135. The number of fused-ring (bicyclic) bond motifs is 1. The minimum absolute atomic E-state index is 0.0110. The second-order valence-corrected chi connectivity index (χ2v) is 17.4. The second kappa shape index (κ2) is 17.4. The summed E-state index contributed by atoms with van der Waals surface area (Å²) in [6.45, 7) is 19.9. The summed E-state index contributed by atoms with van der Waals surface area (Å²) in [5, 5.41) is 3.01. The van der Waals surface area contributed by atoms with Crippen LogP contribution in [-0.2, 0) is 27.2 Å². The van der Waals surface area contributed by atoms with Crippen LogP contribution < -0.4 is 14.8 Å². The zero-order valence-electron chi connectivity index (χ0n) is 34.4. The molecule has 1 N–H and O–H groups in total. The van der Waals surface area contributed by atoms with Crippen LogP contribution in [0.4, 0.5) is 4.79 Å². The number of imidazole rings is 1. The van der Waals surface area contributed by atoms with E-state index in [1.807, 2.05) is 110 Å². The van der Waals surface area contributed by atoms with Gasteiger partial charge >= 0.3 is 12.1 Å². The largest absolute Gasteiger partial charge is 0.471 e. The number of carbonyl (C=O) groups excluding carboxylic acids is 2. The first kappa shape index (κ1) is 41.5. The molecule has 3 heterocycles. The van der Waals surface area contributed by atoms with Gasteiger partial charge in [-0.3, -0.25) is 4.79 Å². The van der Waals surface area contributed by atoms with Gasteiger partial charge in [-0.1, -0.05) is 36.4 Å². The zero-order chi connectivity index (χ0) is 40.0. The highest BCUT2D eigenvalue weighted by Crippen LogP contribution is 2.33. The molecular formula is C43H60N6O6. The van der Waals surface area contributed by atoms with E-state index < -0.39 is 28.9 Å². The average molecular weight is 757 g/mol. The van der Waals surface area contributed by atoms with E-state index in [0.717, 1.165) is 59.4 Å². The molecule has 2 atom stereocenters. The molecule has 0 radical (unpaired) electrons. The molecule has 2 aromatic heterocycles. The second-order valence-electron chi connectivity index (χ2n) is 17.4. The molecule has 2 amide bonds. The van der Waals surface area contributed by atoms with Crippen LogP contribution in [0.5, 0.6) is 11.9 Å². The number of aryl methyl sites for hydroxylation is 1. The van der Waals surface area contributed by atoms with Crippen molar-refractivity contribution in [2.45, 2.75) is 130 Å². The van der Waals surface area contributed by atoms with Crippen molar-refractivity contribution in [2.75, 3.05) is 26.8 Å². The lowest BCUT2D eigenvalue weighted by molar-refractivity contribution is -0.133. The van der Waals surface area contributed by atoms with Crippen LogP contribution >= 0.6 is 0 Å². The minimum Gasteiger partial charge on any atom is -0.471 e. The molecule has 0 saturated carbocycles. The third kappa shape index (κ3) is 12.1. The van der Waals surface area contributed by atoms with Crippen molar-refractivity contribution in [3.8, 4) is 23.0 Å². The predicted molar refractivity (Wildman–Crippen MR) is 214 cm³/mol. The molecule has 2 aromatic carbocycles. The van der Waals surface area contributed by atoms with Crippen molar-refractivity contribution in [2.24, 2.45) is 0 Å². The number of benzene rings is 2. The van der Waals surface area contributed by atoms with Gasteiger partial charge in [-0.05, 0) is 111 Å². The summed E-state index contributed by atoms with van der Waals surface area (Å²) in [6, 6.07) is 15.9. The summed E-state index contributed by atoms with van der Waals surface area (Å²) in [4.78, 5) is 43.2. The Labute approximate surface area is 326 Å². The third-order valence-electron chi connectivity index (χ3n) is 8.97. The molecule has 1 fully saturated rings. The highest BCUT2D eigenvalue weighted by molar-refractivity contribution is 5.79. The van der Waals surface area contributed by atoms with Crippen LogP contribution in [0.2, 0.25) is 0 Å². The number of piperidine rings is 1. The van der Waals surface area contributed by atoms with E-state index in [1.165, 1.54) is 0 Å². The Balaban J connectivity index is 1.34. The van der Waals surface area contributed by atoms with E-state index in [9.17, 15) is 9.59 Å². The van der Waals surface area contributed by atoms with E-state index >= 15 is 0 Å². The first-order valence-corrected chi connectivity index (χ1v) is 19.4. The smallest absolute Gasteiger partial charge is 0.407 e. The maximum absolute atomic E-state index is 14.1. The molecule has 12 heteroatoms. The molecular weight excluding hydrogens is 697 g/mol. The van der Waals surface area contributed by atoms with Crippen LogP contribution in [0.15, 0.2) is 54.7 Å². The predicted octanol–water partition coefficient (Wildman–Crippen LogP) is 8.12. The van der Waals surface area contributed by atoms with Crippen LogP contribution in [-0.4, -0.2) is 86.1 Å². The molecule has 1 aliphatic heterocycles. The topological polar surface area (TPSA) is 130 Å². The highest BCUT2D eigenvalue weighted by atomic mass is 16.6. The van der Waals surface area contributed by atoms with Crippen LogP contribution in [0.1, 0.15) is 105 Å². The summed E-state index contributed by atoms with van der Waals surface area (Å²) in [7, 11) is 1.72. The lowest BCUT2D eigenvalue weighted by Crippen LogP contribution is -2.46. The standard InChI is InChI=1S/C43H60N6O6/c1-41(2,3)53-38-33(27-44-39(47-38)54-42(4,5)6)30-20-18-29(19-21-30)25-32(45-40(51)55-43(7,8)9)26-36(50)48-22-13-15-31(28-48)37-46-34-16-11-12-17-35(34)49(37)23-14-24-52-10/h11-12,16-21,27,31-32H,13-15,22-26,28H2,1-10H3,(H,45,51)/t31-,32-/m1/s1. The number of para-hydroxylation sites is 2. The Kier molecular flexibility index (Phi) is 13.1. The van der Waals surface area contributed by atoms with Crippen molar-refractivity contribution in [3.05, 3.63) is 66.1 Å². The average Bonchev–Trinajstić information content (AvgIpc) is 3.45. The molecule has 0 bridgehead atoms. The normalized spacial score (nSPS) is 15.8. The molecule has 298 valence electrons. The molecule has 55 heavy (non-hydrogen) atoms. The maximum atomic E-state index is 14.1. The summed E-state index contributed by atoms with van der Waals surface area (Å²) in [5.41, 5.74) is 2.96. The molecule has 4 aromatic rings. The number of nitrogens with one attached hydrogen (secondary N) is 1. The Morgan fingerprint density at radius 3 is 2.29 bits per heavy atom. The third-order valence-corrected chi connectivity index (χ3v) is 8.97. The van der Waals surface area contributed by atoms with E-state index in [4.69, 9.17) is 23.9 Å². The monoisotopic (exact) mass is 756 g/mol. The summed E-state index contributed by atoms with van der Waals surface area (Å²) < 4.78 is 25.4. The molecule has 5 rings (SSSR count). The molecule has 1 saturated heterocycles. The van der Waals surface area contributed by atoms with E-state index in [-0.39, 0.29) is 24.3 Å². The Bertz CT molecular complexity index is 1900. The van der Waals surface area contributed by atoms with E-state index in [1.54, 1.807) is 13.3 Å². The van der Waals surface area contributed by atoms with Gasteiger partial charge in [0.25, 0.3) is 0 Å². The van der Waals surface area contributed by atoms with Gasteiger partial charge < -0.3 is 33.7 Å². The number of hydrogen-bond donors (Lipinski definition) is 1. The van der Waals surface area contributed by atoms with Crippen molar-refractivity contribution in [3.63, 3.8) is 0 Å². The fraction of sp³-hybridized carbons (Fsp3) is 0.558. The van der Waals surface area contributed by atoms with E-state index in [2.05, 4.69) is 25.9 Å². The van der Waals surface area contributed by atoms with Crippen molar-refractivity contribution < 1.29 is 28.5 Å². The van der Waals surface area contributed by atoms with E-state index in [0.29, 0.717) is 32.0 Å². The summed E-state index contributed by atoms with van der Waals surface area (Å²) in [6.07, 6.45) is 4.41. The Morgan fingerprint density at radius 1 is 0.909 bits per heavy atom. The van der Waals surface area contributed by atoms with Crippen LogP contribution in [0, 0.1) is 0 Å². The van der Waals surface area contributed by atoms with Gasteiger partial charge in [0, 0.05) is 57.9 Å². The minimum atomic E-state index is -0.683. The number of aromatic nitrogens is 4. The number of alkyl carbamates (subject to hydrolysis) is 1. The first-order valence-electron chi connectivity index (χ1n) is 19.4. The molecule has 0 spiro atoms. The molecule has 1 aliphatic rings. The number of likely N-dealkylation sites (tertiary alicyclic amines) is 1. The van der Waals surface area contributed by atoms with Crippen LogP contribution in [0.3, 0.4) is 0 Å². The fourth-order valence-electron chi connectivity index (χ4n) is 6.76. The van der Waals surface area contributed by atoms with Gasteiger partial charge in [0.05, 0.1) is 16.6 Å². The van der Waals surface area contributed by atoms with Gasteiger partial charge in [0.2, 0.25) is 11.8 Å². The van der Waals surface area contributed by atoms with Crippen molar-refractivity contribution in [1.29, 1.82) is 0 Å². The summed E-state index contributed by atoms with van der Waals surface area (Å²) in [5.74, 6) is 1.52. The number of amides is 2. The lowest BCUT2D eigenvalue weighted by atomic mass is 9.95. The molecule has 0 unspecified atom stereocenters. The van der Waals surface area contributed by atoms with Gasteiger partial charge in [0.1, 0.15) is 22.6 Å². The Morgan fingerprint density at radius 2 is 1.62 bits per heavy atom. The van der Waals surface area contributed by atoms with Gasteiger partial charge in [-0.25, -0.2) is 14.8 Å². The highest BCUT2D eigenvalue weighted by Gasteiger charge is 2.31.